The maximum Gasteiger partial charge on any atom is 0.204 e. The van der Waals surface area contributed by atoms with Gasteiger partial charge in [0.05, 0.1) is 18.5 Å². The van der Waals surface area contributed by atoms with Gasteiger partial charge >= 0.3 is 0 Å². The third kappa shape index (κ3) is 3.76. The first kappa shape index (κ1) is 19.6. The van der Waals surface area contributed by atoms with Crippen LogP contribution in [0.5, 0.6) is 17.2 Å². The number of hydrogen-bond donors (Lipinski definition) is 1. The number of Topliss-reactive ketones (excluding diaryl/α,β-unsaturated/α-hetero) is 1. The molecular formula is C22H26N2O4. The van der Waals surface area contributed by atoms with Gasteiger partial charge in [0, 0.05) is 30.8 Å². The number of carbonyl (C=O) groups is 1. The van der Waals surface area contributed by atoms with E-state index in [9.17, 15) is 4.79 Å². The third-order valence-electron chi connectivity index (χ3n) is 4.67. The molecule has 0 spiro atoms. The van der Waals surface area contributed by atoms with Gasteiger partial charge in [0.2, 0.25) is 5.75 Å². The predicted octanol–water partition coefficient (Wildman–Crippen LogP) is 3.79. The lowest BCUT2D eigenvalue weighted by molar-refractivity contribution is 0.103. The second-order valence-corrected chi connectivity index (χ2v) is 6.73. The van der Waals surface area contributed by atoms with Crippen LogP contribution >= 0.6 is 0 Å². The highest BCUT2D eigenvalue weighted by molar-refractivity contribution is 6.12. The normalized spacial score (nSPS) is 13.2. The van der Waals surface area contributed by atoms with Crippen molar-refractivity contribution in [1.82, 2.24) is 0 Å². The van der Waals surface area contributed by atoms with Crippen LogP contribution in [0.2, 0.25) is 0 Å². The van der Waals surface area contributed by atoms with Gasteiger partial charge in [-0.2, -0.15) is 0 Å². The second-order valence-electron chi connectivity index (χ2n) is 6.73. The number of anilines is 2. The zero-order valence-corrected chi connectivity index (χ0v) is 16.7. The van der Waals surface area contributed by atoms with Gasteiger partial charge in [-0.05, 0) is 42.8 Å². The average molecular weight is 382 g/mol. The molecule has 0 amide bonds. The van der Waals surface area contributed by atoms with Crippen LogP contribution in [0, 0.1) is 0 Å². The van der Waals surface area contributed by atoms with Crippen molar-refractivity contribution in [2.45, 2.75) is 13.3 Å². The van der Waals surface area contributed by atoms with E-state index in [-0.39, 0.29) is 5.78 Å². The molecule has 2 aromatic rings. The van der Waals surface area contributed by atoms with Crippen molar-refractivity contribution in [2.75, 3.05) is 45.1 Å². The van der Waals surface area contributed by atoms with E-state index in [1.54, 1.807) is 19.2 Å². The Morgan fingerprint density at radius 3 is 2.64 bits per heavy atom. The fraction of sp³-hybridized carbons (Fsp3) is 0.318. The number of fused-ring (bicyclic) bond motifs is 1. The highest BCUT2D eigenvalue weighted by atomic mass is 16.6. The lowest BCUT2D eigenvalue weighted by Gasteiger charge is -2.21. The summed E-state index contributed by atoms with van der Waals surface area (Å²) in [6.45, 7) is 2.93. The van der Waals surface area contributed by atoms with Crippen molar-refractivity contribution in [3.63, 3.8) is 0 Å². The van der Waals surface area contributed by atoms with Gasteiger partial charge in [-0.15, -0.1) is 0 Å². The molecule has 1 aliphatic rings. The van der Waals surface area contributed by atoms with Gasteiger partial charge in [0.25, 0.3) is 0 Å². The van der Waals surface area contributed by atoms with Crippen LogP contribution in [-0.2, 0) is 0 Å². The van der Waals surface area contributed by atoms with E-state index in [0.29, 0.717) is 53.7 Å². The lowest BCUT2D eigenvalue weighted by atomic mass is 9.97. The van der Waals surface area contributed by atoms with Crippen LogP contribution in [-0.4, -0.2) is 40.2 Å². The van der Waals surface area contributed by atoms with E-state index >= 15 is 0 Å². The Labute approximate surface area is 165 Å². The van der Waals surface area contributed by atoms with Crippen LogP contribution in [0.1, 0.15) is 29.3 Å². The van der Waals surface area contributed by atoms with E-state index in [4.69, 9.17) is 19.9 Å². The van der Waals surface area contributed by atoms with E-state index < -0.39 is 0 Å². The number of nitrogen functional groups attached to an aromatic ring is 1. The molecule has 0 bridgehead atoms. The quantitative estimate of drug-likeness (QED) is 0.465. The molecule has 0 aliphatic carbocycles. The maximum atomic E-state index is 13.1. The lowest BCUT2D eigenvalue weighted by Crippen LogP contribution is -2.16. The van der Waals surface area contributed by atoms with Crippen molar-refractivity contribution in [3.05, 3.63) is 47.0 Å². The Morgan fingerprint density at radius 2 is 1.96 bits per heavy atom. The van der Waals surface area contributed by atoms with E-state index in [0.717, 1.165) is 11.3 Å². The number of methoxy groups -OCH3 is 1. The summed E-state index contributed by atoms with van der Waals surface area (Å²) in [5.41, 5.74) is 9.52. The molecule has 0 atom stereocenters. The molecule has 0 radical (unpaired) electrons. The number of ether oxygens (including phenoxy) is 3. The Hall–Kier alpha value is -3.15. The summed E-state index contributed by atoms with van der Waals surface area (Å²) in [7, 11) is 5.38. The van der Waals surface area contributed by atoms with E-state index in [1.165, 1.54) is 0 Å². The van der Waals surface area contributed by atoms with Crippen molar-refractivity contribution in [1.29, 1.82) is 0 Å². The van der Waals surface area contributed by atoms with Gasteiger partial charge in [0.1, 0.15) is 13.2 Å². The van der Waals surface area contributed by atoms with Crippen LogP contribution in [0.3, 0.4) is 0 Å². The standard InChI is InChI=1S/C22H26N2O4/c1-5-14(20(25)15-6-8-17(23)18(13-15)24(2)3)12-16-7-9-19-22(21(16)26-4)28-11-10-27-19/h6-9,12-13H,5,10-11,23H2,1-4H3/b14-12+. The molecule has 0 fully saturated rings. The van der Waals surface area contributed by atoms with Crippen LogP contribution < -0.4 is 24.8 Å². The summed E-state index contributed by atoms with van der Waals surface area (Å²) in [4.78, 5) is 15.0. The summed E-state index contributed by atoms with van der Waals surface area (Å²) < 4.78 is 16.9. The Morgan fingerprint density at radius 1 is 1.21 bits per heavy atom. The van der Waals surface area contributed by atoms with Crippen molar-refractivity contribution >= 4 is 23.2 Å². The predicted molar refractivity (Wildman–Crippen MR) is 112 cm³/mol. The molecule has 1 heterocycles. The van der Waals surface area contributed by atoms with Gasteiger partial charge < -0.3 is 24.8 Å². The molecule has 2 aromatic carbocycles. The summed E-state index contributed by atoms with van der Waals surface area (Å²) in [5, 5.41) is 0. The number of hydrogen-bond acceptors (Lipinski definition) is 6. The molecule has 0 saturated heterocycles. The molecule has 6 nitrogen and oxygen atoms in total. The molecule has 1 aliphatic heterocycles. The Balaban J connectivity index is 2.01. The van der Waals surface area contributed by atoms with Crippen LogP contribution in [0.4, 0.5) is 11.4 Å². The second kappa shape index (κ2) is 8.25. The number of nitrogens with two attached hydrogens (primary N) is 1. The Kier molecular flexibility index (Phi) is 5.78. The highest BCUT2D eigenvalue weighted by Gasteiger charge is 2.21. The van der Waals surface area contributed by atoms with Crippen LogP contribution in [0.25, 0.3) is 6.08 Å². The summed E-state index contributed by atoms with van der Waals surface area (Å²) >= 11 is 0. The first-order valence-corrected chi connectivity index (χ1v) is 9.25. The van der Waals surface area contributed by atoms with Crippen molar-refractivity contribution < 1.29 is 19.0 Å². The maximum absolute atomic E-state index is 13.1. The van der Waals surface area contributed by atoms with Gasteiger partial charge in [-0.25, -0.2) is 0 Å². The zero-order valence-electron chi connectivity index (χ0n) is 16.7. The van der Waals surface area contributed by atoms with Crippen LogP contribution in [0.15, 0.2) is 35.9 Å². The smallest absolute Gasteiger partial charge is 0.204 e. The molecule has 6 heteroatoms. The molecule has 28 heavy (non-hydrogen) atoms. The minimum atomic E-state index is -0.0393. The number of rotatable bonds is 6. The monoisotopic (exact) mass is 382 g/mol. The SMILES string of the molecule is CC/C(=C\c1ccc2c(c1OC)OCCO2)C(=O)c1ccc(N)c(N(C)C)c1. The fourth-order valence-corrected chi connectivity index (χ4v) is 3.20. The first-order chi connectivity index (χ1) is 13.5. The van der Waals surface area contributed by atoms with Crippen molar-refractivity contribution in [2.24, 2.45) is 0 Å². The summed E-state index contributed by atoms with van der Waals surface area (Å²) in [6, 6.07) is 9.06. The number of benzene rings is 2. The molecule has 148 valence electrons. The number of ketones is 1. The van der Waals surface area contributed by atoms with Gasteiger partial charge in [-0.3, -0.25) is 4.79 Å². The molecule has 0 aromatic heterocycles. The Bertz CT molecular complexity index is 919. The highest BCUT2D eigenvalue weighted by Crippen LogP contribution is 2.42. The number of nitrogens with zero attached hydrogens (tertiary/aromatic N) is 1. The fourth-order valence-electron chi connectivity index (χ4n) is 3.20. The molecule has 0 unspecified atom stereocenters. The summed E-state index contributed by atoms with van der Waals surface area (Å²) in [6.07, 6.45) is 2.43. The molecule has 2 N–H and O–H groups in total. The third-order valence-corrected chi connectivity index (χ3v) is 4.67. The topological polar surface area (TPSA) is 74.0 Å². The first-order valence-electron chi connectivity index (χ1n) is 9.25. The van der Waals surface area contributed by atoms with E-state index in [1.807, 2.05) is 50.2 Å². The van der Waals surface area contributed by atoms with E-state index in [2.05, 4.69) is 0 Å². The van der Waals surface area contributed by atoms with Crippen molar-refractivity contribution in [3.8, 4) is 17.2 Å². The van der Waals surface area contributed by atoms with Gasteiger partial charge in [0.15, 0.2) is 17.3 Å². The van der Waals surface area contributed by atoms with Gasteiger partial charge in [-0.1, -0.05) is 6.92 Å². The molecule has 0 saturated carbocycles. The largest absolute Gasteiger partial charge is 0.492 e. The summed E-state index contributed by atoms with van der Waals surface area (Å²) in [5.74, 6) is 1.76. The number of allylic oxidation sites excluding steroid dienone is 1. The average Bonchev–Trinajstić information content (AvgIpc) is 2.71. The number of carbonyl (C=O) groups excluding carboxylic acids is 1. The zero-order chi connectivity index (χ0) is 20.3. The minimum absolute atomic E-state index is 0.0393. The molecule has 3 rings (SSSR count). The molecular weight excluding hydrogens is 356 g/mol. The minimum Gasteiger partial charge on any atom is -0.492 e.